The number of benzene rings is 1. The fourth-order valence-corrected chi connectivity index (χ4v) is 3.37. The molecule has 30 heavy (non-hydrogen) atoms. The average Bonchev–Trinajstić information content (AvgIpc) is 3.10. The normalized spacial score (nSPS) is 10.7. The number of hydrogen-bond acceptors (Lipinski definition) is 6. The van der Waals surface area contributed by atoms with Crippen molar-refractivity contribution in [1.29, 1.82) is 0 Å². The lowest BCUT2D eigenvalue weighted by atomic mass is 10.1. The Morgan fingerprint density at radius 2 is 1.87 bits per heavy atom. The summed E-state index contributed by atoms with van der Waals surface area (Å²) in [6, 6.07) is 13.7. The maximum absolute atomic E-state index is 12.2. The highest BCUT2D eigenvalue weighted by Crippen LogP contribution is 2.31. The van der Waals surface area contributed by atoms with Crippen molar-refractivity contribution < 1.29 is 9.59 Å². The van der Waals surface area contributed by atoms with Crippen molar-refractivity contribution in [2.45, 2.75) is 6.92 Å². The number of Topliss-reactive ketones (excluding diaryl/α,β-unsaturated/α-hetero) is 1. The van der Waals surface area contributed by atoms with Crippen molar-refractivity contribution >= 4 is 50.6 Å². The van der Waals surface area contributed by atoms with Gasteiger partial charge in [0.05, 0.1) is 0 Å². The molecule has 0 spiro atoms. The van der Waals surface area contributed by atoms with Gasteiger partial charge in [0.1, 0.15) is 28.0 Å². The Labute approximate surface area is 179 Å². The minimum atomic E-state index is -0.417. The molecule has 3 aromatic heterocycles. The van der Waals surface area contributed by atoms with Gasteiger partial charge in [0, 0.05) is 18.2 Å². The maximum atomic E-state index is 12.2. The number of aromatic nitrogens is 4. The van der Waals surface area contributed by atoms with E-state index in [0.29, 0.717) is 27.3 Å². The number of amides is 2. The second-order valence-corrected chi connectivity index (χ2v) is 7.22. The van der Waals surface area contributed by atoms with Crippen LogP contribution in [0.4, 0.5) is 22.1 Å². The van der Waals surface area contributed by atoms with Crippen molar-refractivity contribution in [3.8, 4) is 11.1 Å². The molecule has 0 bridgehead atoms. The van der Waals surface area contributed by atoms with Crippen LogP contribution >= 0.6 is 15.9 Å². The summed E-state index contributed by atoms with van der Waals surface area (Å²) in [5.41, 5.74) is 9.13. The second-order valence-electron chi connectivity index (χ2n) is 6.41. The van der Waals surface area contributed by atoms with E-state index < -0.39 is 6.03 Å². The van der Waals surface area contributed by atoms with Crippen LogP contribution in [0.15, 0.2) is 59.5 Å². The summed E-state index contributed by atoms with van der Waals surface area (Å²) in [7, 11) is 0. The molecule has 4 rings (SSSR count). The van der Waals surface area contributed by atoms with Crippen LogP contribution < -0.4 is 16.4 Å². The molecule has 0 aliphatic rings. The number of nitrogens with one attached hydrogen (secondary N) is 2. The summed E-state index contributed by atoms with van der Waals surface area (Å²) >= 11 is 3.26. The summed E-state index contributed by atoms with van der Waals surface area (Å²) in [6.45, 7) is 1.47. The van der Waals surface area contributed by atoms with Crippen molar-refractivity contribution in [2.75, 3.05) is 16.4 Å². The zero-order valence-electron chi connectivity index (χ0n) is 15.8. The second kappa shape index (κ2) is 7.91. The number of halogens is 1. The number of hydrogen-bond donors (Lipinski definition) is 3. The van der Waals surface area contributed by atoms with Crippen LogP contribution in [0.25, 0.3) is 16.6 Å². The molecular weight excluding hydrogens is 450 g/mol. The molecule has 0 saturated carbocycles. The third-order valence-corrected chi connectivity index (χ3v) is 4.80. The molecule has 3 heterocycles. The van der Waals surface area contributed by atoms with Gasteiger partial charge in [-0.05, 0) is 51.8 Å². The first-order valence-corrected chi connectivity index (χ1v) is 9.66. The summed E-state index contributed by atoms with van der Waals surface area (Å²) in [5, 5.41) is 9.55. The molecule has 9 nitrogen and oxygen atoms in total. The predicted octanol–water partition coefficient (Wildman–Crippen LogP) is 3.98. The van der Waals surface area contributed by atoms with Crippen LogP contribution in [0.3, 0.4) is 0 Å². The first-order chi connectivity index (χ1) is 14.4. The van der Waals surface area contributed by atoms with Gasteiger partial charge >= 0.3 is 6.03 Å². The van der Waals surface area contributed by atoms with Crippen molar-refractivity contribution in [3.05, 3.63) is 65.2 Å². The van der Waals surface area contributed by atoms with Crippen LogP contribution in [0.1, 0.15) is 17.4 Å². The SMILES string of the molecule is CC(=O)c1cc(-c2ccc(NC(=O)Nc3cccc(Br)n3)cc2)c2c(N)ncnn12. The third-order valence-electron chi connectivity index (χ3n) is 4.35. The van der Waals surface area contributed by atoms with Crippen LogP contribution in [-0.2, 0) is 0 Å². The minimum Gasteiger partial charge on any atom is -0.382 e. The van der Waals surface area contributed by atoms with Crippen LogP contribution in [0.2, 0.25) is 0 Å². The van der Waals surface area contributed by atoms with Crippen LogP contribution in [0, 0.1) is 0 Å². The zero-order chi connectivity index (χ0) is 21.3. The Bertz CT molecular complexity index is 1270. The summed E-state index contributed by atoms with van der Waals surface area (Å²) in [5.74, 6) is 0.562. The number of anilines is 3. The number of nitrogen functional groups attached to an aromatic ring is 1. The fraction of sp³-hybridized carbons (Fsp3) is 0.0500. The summed E-state index contributed by atoms with van der Waals surface area (Å²) in [6.07, 6.45) is 1.31. The predicted molar refractivity (Wildman–Crippen MR) is 117 cm³/mol. The smallest absolute Gasteiger partial charge is 0.324 e. The van der Waals surface area contributed by atoms with E-state index >= 15 is 0 Å². The number of nitrogens with two attached hydrogens (primary N) is 1. The van der Waals surface area contributed by atoms with E-state index in [4.69, 9.17) is 5.73 Å². The van der Waals surface area contributed by atoms with Crippen molar-refractivity contribution in [1.82, 2.24) is 19.6 Å². The number of nitrogens with zero attached hydrogens (tertiary/aromatic N) is 4. The first kappa shape index (κ1) is 19.5. The third kappa shape index (κ3) is 3.85. The topological polar surface area (TPSA) is 127 Å². The highest BCUT2D eigenvalue weighted by Gasteiger charge is 2.17. The molecule has 0 radical (unpaired) electrons. The molecule has 0 saturated heterocycles. The Hall–Kier alpha value is -3.79. The van der Waals surface area contributed by atoms with Gasteiger partial charge in [0.25, 0.3) is 0 Å². The quantitative estimate of drug-likeness (QED) is 0.308. The fourth-order valence-electron chi connectivity index (χ4n) is 3.03. The average molecular weight is 466 g/mol. The zero-order valence-corrected chi connectivity index (χ0v) is 17.3. The Kier molecular flexibility index (Phi) is 5.15. The van der Waals surface area contributed by atoms with Gasteiger partial charge in [-0.25, -0.2) is 19.3 Å². The lowest BCUT2D eigenvalue weighted by molar-refractivity contribution is 0.101. The maximum Gasteiger partial charge on any atom is 0.324 e. The number of pyridine rings is 1. The van der Waals surface area contributed by atoms with E-state index in [-0.39, 0.29) is 11.6 Å². The van der Waals surface area contributed by atoms with Crippen molar-refractivity contribution in [2.24, 2.45) is 0 Å². The van der Waals surface area contributed by atoms with Crippen molar-refractivity contribution in [3.63, 3.8) is 0 Å². The molecule has 0 aliphatic carbocycles. The van der Waals surface area contributed by atoms with E-state index in [1.54, 1.807) is 36.4 Å². The first-order valence-electron chi connectivity index (χ1n) is 8.86. The minimum absolute atomic E-state index is 0.134. The standard InChI is InChI=1S/C20H16BrN7O2/c1-11(29)15-9-14(18-19(22)23-10-24-28(15)18)12-5-7-13(8-6-12)25-20(30)27-17-4-2-3-16(21)26-17/h2-10H,1H3,(H2,22,23,24)(H2,25,26,27,30). The van der Waals surface area contributed by atoms with Gasteiger partial charge in [0.2, 0.25) is 0 Å². The molecule has 2 amide bonds. The molecule has 4 aromatic rings. The number of ketones is 1. The van der Waals surface area contributed by atoms with Gasteiger partial charge < -0.3 is 11.1 Å². The number of fused-ring (bicyclic) bond motifs is 1. The lowest BCUT2D eigenvalue weighted by Gasteiger charge is -2.08. The Morgan fingerprint density at radius 3 is 2.57 bits per heavy atom. The molecule has 4 N–H and O–H groups in total. The molecule has 0 fully saturated rings. The van der Waals surface area contributed by atoms with E-state index in [2.05, 4.69) is 41.6 Å². The molecule has 0 unspecified atom stereocenters. The Balaban J connectivity index is 1.58. The van der Waals surface area contributed by atoms with Crippen LogP contribution in [0.5, 0.6) is 0 Å². The molecule has 10 heteroatoms. The molecule has 0 atom stereocenters. The summed E-state index contributed by atoms with van der Waals surface area (Å²) < 4.78 is 2.11. The molecular formula is C20H16BrN7O2. The van der Waals surface area contributed by atoms with E-state index in [1.165, 1.54) is 17.8 Å². The van der Waals surface area contributed by atoms with E-state index in [1.807, 2.05) is 12.1 Å². The summed E-state index contributed by atoms with van der Waals surface area (Å²) in [4.78, 5) is 32.4. The van der Waals surface area contributed by atoms with Gasteiger partial charge in [-0.1, -0.05) is 18.2 Å². The number of urea groups is 1. The highest BCUT2D eigenvalue weighted by molar-refractivity contribution is 9.10. The lowest BCUT2D eigenvalue weighted by Crippen LogP contribution is -2.20. The van der Waals surface area contributed by atoms with Crippen LogP contribution in [-0.4, -0.2) is 31.4 Å². The number of carbonyl (C=O) groups is 2. The Morgan fingerprint density at radius 1 is 1.10 bits per heavy atom. The molecule has 150 valence electrons. The highest BCUT2D eigenvalue weighted by atomic mass is 79.9. The van der Waals surface area contributed by atoms with Gasteiger partial charge in [-0.3, -0.25) is 10.1 Å². The number of carbonyl (C=O) groups excluding carboxylic acids is 2. The largest absolute Gasteiger partial charge is 0.382 e. The van der Waals surface area contributed by atoms with Gasteiger partial charge in [0.15, 0.2) is 11.6 Å². The van der Waals surface area contributed by atoms with E-state index in [9.17, 15) is 9.59 Å². The molecule has 1 aromatic carbocycles. The van der Waals surface area contributed by atoms with E-state index in [0.717, 1.165) is 11.1 Å². The number of rotatable bonds is 4. The monoisotopic (exact) mass is 465 g/mol. The molecule has 0 aliphatic heterocycles. The van der Waals surface area contributed by atoms with Gasteiger partial charge in [-0.15, -0.1) is 0 Å². The van der Waals surface area contributed by atoms with Gasteiger partial charge in [-0.2, -0.15) is 5.10 Å².